The molecule has 2 aromatic rings. The third-order valence-electron chi connectivity index (χ3n) is 4.07. The first-order valence-electron chi connectivity index (χ1n) is 7.63. The van der Waals surface area contributed by atoms with Gasteiger partial charge in [-0.05, 0) is 35.4 Å². The maximum Gasteiger partial charge on any atom is 0.227 e. The van der Waals surface area contributed by atoms with Crippen molar-refractivity contribution in [2.45, 2.75) is 12.5 Å². The molecule has 24 heavy (non-hydrogen) atoms. The van der Waals surface area contributed by atoms with Crippen LogP contribution in [0.3, 0.4) is 0 Å². The van der Waals surface area contributed by atoms with Gasteiger partial charge >= 0.3 is 0 Å². The van der Waals surface area contributed by atoms with Crippen molar-refractivity contribution in [3.63, 3.8) is 0 Å². The molecule has 2 aromatic carbocycles. The van der Waals surface area contributed by atoms with Gasteiger partial charge < -0.3 is 10.2 Å². The summed E-state index contributed by atoms with van der Waals surface area (Å²) in [7, 11) is 0. The van der Waals surface area contributed by atoms with Crippen molar-refractivity contribution in [3.8, 4) is 0 Å². The standard InChI is InChI=1S/C18H18ClFN2O.ClH/c19-15-3-1-2-14(11-15)17-12-21-8-9-22(17)18(23)10-13-4-6-16(20)7-5-13;/h1-7,11,17,21H,8-10,12H2;1H. The molecule has 0 radical (unpaired) electrons. The van der Waals surface area contributed by atoms with Gasteiger partial charge in [-0.25, -0.2) is 4.39 Å². The summed E-state index contributed by atoms with van der Waals surface area (Å²) >= 11 is 6.08. The summed E-state index contributed by atoms with van der Waals surface area (Å²) in [6.45, 7) is 2.12. The number of nitrogens with one attached hydrogen (secondary N) is 1. The first-order chi connectivity index (χ1) is 11.1. The fourth-order valence-corrected chi connectivity index (χ4v) is 3.09. The number of halogens is 3. The number of rotatable bonds is 3. The van der Waals surface area contributed by atoms with Crippen molar-refractivity contribution in [1.29, 1.82) is 0 Å². The highest BCUT2D eigenvalue weighted by atomic mass is 35.5. The van der Waals surface area contributed by atoms with Gasteiger partial charge in [-0.3, -0.25) is 4.79 Å². The Labute approximate surface area is 152 Å². The molecule has 0 aromatic heterocycles. The minimum absolute atomic E-state index is 0. The molecule has 1 aliphatic rings. The van der Waals surface area contributed by atoms with Gasteiger partial charge in [0.1, 0.15) is 5.82 Å². The van der Waals surface area contributed by atoms with Crippen LogP contribution >= 0.6 is 24.0 Å². The lowest BCUT2D eigenvalue weighted by atomic mass is 10.0. The van der Waals surface area contributed by atoms with E-state index in [1.807, 2.05) is 29.2 Å². The number of carbonyl (C=O) groups is 1. The zero-order valence-electron chi connectivity index (χ0n) is 13.0. The Morgan fingerprint density at radius 3 is 2.71 bits per heavy atom. The second-order valence-corrected chi connectivity index (χ2v) is 6.10. The Morgan fingerprint density at radius 1 is 1.25 bits per heavy atom. The maximum absolute atomic E-state index is 13.0. The zero-order chi connectivity index (χ0) is 16.2. The van der Waals surface area contributed by atoms with Crippen LogP contribution in [0.1, 0.15) is 17.2 Å². The predicted molar refractivity (Wildman–Crippen MR) is 96.1 cm³/mol. The van der Waals surface area contributed by atoms with Crippen LogP contribution in [0, 0.1) is 5.82 Å². The van der Waals surface area contributed by atoms with Gasteiger partial charge in [0, 0.05) is 24.7 Å². The van der Waals surface area contributed by atoms with E-state index in [4.69, 9.17) is 11.6 Å². The van der Waals surface area contributed by atoms with E-state index in [0.29, 0.717) is 18.1 Å². The quantitative estimate of drug-likeness (QED) is 0.897. The molecule has 1 amide bonds. The number of hydrogen-bond donors (Lipinski definition) is 1. The number of benzene rings is 2. The monoisotopic (exact) mass is 368 g/mol. The number of amides is 1. The van der Waals surface area contributed by atoms with Crippen LogP contribution in [0.2, 0.25) is 5.02 Å². The van der Waals surface area contributed by atoms with Crippen LogP contribution < -0.4 is 5.32 Å². The predicted octanol–water partition coefficient (Wildman–Crippen LogP) is 3.62. The molecule has 1 fully saturated rings. The molecule has 3 nitrogen and oxygen atoms in total. The average Bonchev–Trinajstić information content (AvgIpc) is 2.57. The molecule has 1 atom stereocenters. The van der Waals surface area contributed by atoms with Crippen molar-refractivity contribution in [2.75, 3.05) is 19.6 Å². The SMILES string of the molecule is Cl.O=C(Cc1ccc(F)cc1)N1CCNCC1c1cccc(Cl)c1. The number of carbonyl (C=O) groups excluding carboxylic acids is 1. The maximum atomic E-state index is 13.0. The summed E-state index contributed by atoms with van der Waals surface area (Å²) < 4.78 is 13.0. The minimum Gasteiger partial charge on any atom is -0.333 e. The highest BCUT2D eigenvalue weighted by Crippen LogP contribution is 2.25. The first kappa shape index (κ1) is 18.7. The molecule has 1 N–H and O–H groups in total. The van der Waals surface area contributed by atoms with E-state index in [2.05, 4.69) is 5.32 Å². The van der Waals surface area contributed by atoms with E-state index in [-0.39, 0.29) is 36.6 Å². The smallest absolute Gasteiger partial charge is 0.227 e. The Hall–Kier alpha value is -1.62. The van der Waals surface area contributed by atoms with Gasteiger partial charge in [0.15, 0.2) is 0 Å². The van der Waals surface area contributed by atoms with Crippen molar-refractivity contribution < 1.29 is 9.18 Å². The van der Waals surface area contributed by atoms with Crippen LogP contribution in [0.4, 0.5) is 4.39 Å². The lowest BCUT2D eigenvalue weighted by Crippen LogP contribution is -2.49. The summed E-state index contributed by atoms with van der Waals surface area (Å²) in [6.07, 6.45) is 0.275. The molecule has 0 saturated carbocycles. The molecule has 0 spiro atoms. The highest BCUT2D eigenvalue weighted by Gasteiger charge is 2.27. The zero-order valence-corrected chi connectivity index (χ0v) is 14.6. The van der Waals surface area contributed by atoms with Crippen LogP contribution in [-0.2, 0) is 11.2 Å². The summed E-state index contributed by atoms with van der Waals surface area (Å²) in [5.74, 6) is -0.247. The Morgan fingerprint density at radius 2 is 2.00 bits per heavy atom. The Balaban J connectivity index is 0.00000208. The molecule has 0 aliphatic carbocycles. The molecule has 6 heteroatoms. The fraction of sp³-hybridized carbons (Fsp3) is 0.278. The van der Waals surface area contributed by atoms with E-state index < -0.39 is 0 Å². The van der Waals surface area contributed by atoms with Gasteiger partial charge in [0.05, 0.1) is 12.5 Å². The lowest BCUT2D eigenvalue weighted by Gasteiger charge is -2.36. The molecule has 1 unspecified atom stereocenters. The molecule has 1 heterocycles. The molecule has 1 saturated heterocycles. The van der Waals surface area contributed by atoms with Gasteiger partial charge in [-0.2, -0.15) is 0 Å². The Kier molecular flexibility index (Phi) is 6.60. The van der Waals surface area contributed by atoms with E-state index >= 15 is 0 Å². The number of hydrogen-bond acceptors (Lipinski definition) is 2. The lowest BCUT2D eigenvalue weighted by molar-refractivity contribution is -0.133. The molecule has 128 valence electrons. The molecule has 0 bridgehead atoms. The first-order valence-corrected chi connectivity index (χ1v) is 8.01. The van der Waals surface area contributed by atoms with Gasteiger partial charge in [0.2, 0.25) is 5.91 Å². The van der Waals surface area contributed by atoms with Crippen LogP contribution in [0.5, 0.6) is 0 Å². The summed E-state index contributed by atoms with van der Waals surface area (Å²) in [5, 5.41) is 3.99. The van der Waals surface area contributed by atoms with E-state index in [9.17, 15) is 9.18 Å². The number of nitrogens with zero attached hydrogens (tertiary/aromatic N) is 1. The number of piperazine rings is 1. The second kappa shape index (κ2) is 8.47. The molecule has 1 aliphatic heterocycles. The summed E-state index contributed by atoms with van der Waals surface area (Å²) in [4.78, 5) is 14.6. The molecule has 3 rings (SSSR count). The third-order valence-corrected chi connectivity index (χ3v) is 4.30. The van der Waals surface area contributed by atoms with Crippen LogP contribution in [-0.4, -0.2) is 30.4 Å². The minimum atomic E-state index is -0.292. The van der Waals surface area contributed by atoms with Crippen LogP contribution in [0.15, 0.2) is 48.5 Å². The largest absolute Gasteiger partial charge is 0.333 e. The molecular weight excluding hydrogens is 350 g/mol. The third kappa shape index (κ3) is 4.47. The van der Waals surface area contributed by atoms with Crippen molar-refractivity contribution in [2.24, 2.45) is 0 Å². The summed E-state index contributed by atoms with van der Waals surface area (Å²) in [5.41, 5.74) is 1.84. The van der Waals surface area contributed by atoms with Crippen molar-refractivity contribution in [3.05, 3.63) is 70.5 Å². The highest BCUT2D eigenvalue weighted by molar-refractivity contribution is 6.30. The van der Waals surface area contributed by atoms with Gasteiger partial charge in [-0.15, -0.1) is 12.4 Å². The van der Waals surface area contributed by atoms with E-state index in [1.54, 1.807) is 12.1 Å². The van der Waals surface area contributed by atoms with Crippen LogP contribution in [0.25, 0.3) is 0 Å². The van der Waals surface area contributed by atoms with Crippen molar-refractivity contribution in [1.82, 2.24) is 10.2 Å². The fourth-order valence-electron chi connectivity index (χ4n) is 2.89. The average molecular weight is 369 g/mol. The van der Waals surface area contributed by atoms with Crippen molar-refractivity contribution >= 4 is 29.9 Å². The van der Waals surface area contributed by atoms with Gasteiger partial charge in [0.25, 0.3) is 0 Å². The normalized spacial score (nSPS) is 17.2. The molecular formula is C18H19Cl2FN2O. The Bertz CT molecular complexity index is 694. The van der Waals surface area contributed by atoms with E-state index in [0.717, 1.165) is 17.7 Å². The second-order valence-electron chi connectivity index (χ2n) is 5.67. The topological polar surface area (TPSA) is 32.3 Å². The summed E-state index contributed by atoms with van der Waals surface area (Å²) in [6, 6.07) is 13.7. The van der Waals surface area contributed by atoms with Gasteiger partial charge in [-0.1, -0.05) is 35.9 Å². The van der Waals surface area contributed by atoms with E-state index in [1.165, 1.54) is 12.1 Å².